The summed E-state index contributed by atoms with van der Waals surface area (Å²) >= 11 is 1.44. The molecule has 0 aliphatic rings. The fourth-order valence-corrected chi connectivity index (χ4v) is 2.12. The van der Waals surface area contributed by atoms with Gasteiger partial charge in [-0.25, -0.2) is 4.79 Å². The molecule has 0 fully saturated rings. The van der Waals surface area contributed by atoms with Gasteiger partial charge in [0.15, 0.2) is 5.16 Å². The summed E-state index contributed by atoms with van der Waals surface area (Å²) in [5.41, 5.74) is 0.446. The van der Waals surface area contributed by atoms with Gasteiger partial charge in [-0.15, -0.1) is 10.2 Å². The minimum absolute atomic E-state index is 0.396. The van der Waals surface area contributed by atoms with Gasteiger partial charge in [0, 0.05) is 7.05 Å². The first-order valence-electron chi connectivity index (χ1n) is 4.84. The van der Waals surface area contributed by atoms with Crippen LogP contribution < -0.4 is 0 Å². The SMILES string of the molecule is COC(=O)c1ccoc1CSc1nncn1C. The van der Waals surface area contributed by atoms with Crippen LogP contribution in [-0.4, -0.2) is 27.8 Å². The summed E-state index contributed by atoms with van der Waals surface area (Å²) in [6.45, 7) is 0. The van der Waals surface area contributed by atoms with Gasteiger partial charge in [-0.1, -0.05) is 11.8 Å². The van der Waals surface area contributed by atoms with E-state index in [-0.39, 0.29) is 0 Å². The maximum absolute atomic E-state index is 11.4. The van der Waals surface area contributed by atoms with Crippen molar-refractivity contribution in [1.29, 1.82) is 0 Å². The zero-order valence-corrected chi connectivity index (χ0v) is 10.2. The topological polar surface area (TPSA) is 70.2 Å². The lowest BCUT2D eigenvalue weighted by molar-refractivity contribution is 0.0598. The van der Waals surface area contributed by atoms with E-state index in [1.807, 2.05) is 7.05 Å². The van der Waals surface area contributed by atoms with E-state index >= 15 is 0 Å². The number of aryl methyl sites for hydroxylation is 1. The van der Waals surface area contributed by atoms with Crippen molar-refractivity contribution in [2.24, 2.45) is 7.05 Å². The van der Waals surface area contributed by atoms with Gasteiger partial charge < -0.3 is 13.7 Å². The predicted molar refractivity (Wildman–Crippen MR) is 60.6 cm³/mol. The average molecular weight is 253 g/mol. The van der Waals surface area contributed by atoms with Crippen LogP contribution in [0.15, 0.2) is 28.2 Å². The molecule has 0 bridgehead atoms. The van der Waals surface area contributed by atoms with Crippen molar-refractivity contribution >= 4 is 17.7 Å². The molecule has 0 aliphatic carbocycles. The first kappa shape index (κ1) is 11.7. The van der Waals surface area contributed by atoms with Crippen LogP contribution in [0.2, 0.25) is 0 Å². The monoisotopic (exact) mass is 253 g/mol. The Morgan fingerprint density at radius 2 is 2.47 bits per heavy atom. The van der Waals surface area contributed by atoms with Crippen LogP contribution in [0.5, 0.6) is 0 Å². The van der Waals surface area contributed by atoms with Gasteiger partial charge in [-0.3, -0.25) is 0 Å². The number of ether oxygens (including phenoxy) is 1. The Balaban J connectivity index is 2.07. The first-order chi connectivity index (χ1) is 8.22. The summed E-state index contributed by atoms with van der Waals surface area (Å²) in [6.07, 6.45) is 3.09. The summed E-state index contributed by atoms with van der Waals surface area (Å²) in [7, 11) is 3.20. The van der Waals surface area contributed by atoms with Crippen LogP contribution >= 0.6 is 11.8 Å². The molecule has 6 nitrogen and oxygen atoms in total. The van der Waals surface area contributed by atoms with E-state index in [4.69, 9.17) is 4.42 Å². The molecular formula is C10H11N3O3S. The van der Waals surface area contributed by atoms with Gasteiger partial charge in [0.25, 0.3) is 0 Å². The molecule has 2 aromatic heterocycles. The second-order valence-electron chi connectivity index (χ2n) is 3.26. The molecule has 0 N–H and O–H groups in total. The number of rotatable bonds is 4. The second kappa shape index (κ2) is 5.05. The highest BCUT2D eigenvalue weighted by Crippen LogP contribution is 2.23. The lowest BCUT2D eigenvalue weighted by atomic mass is 10.3. The Bertz CT molecular complexity index is 520. The number of carbonyl (C=O) groups excluding carboxylic acids is 1. The van der Waals surface area contributed by atoms with E-state index in [0.717, 1.165) is 5.16 Å². The number of hydrogen-bond acceptors (Lipinski definition) is 6. The number of thioether (sulfide) groups is 1. The van der Waals surface area contributed by atoms with E-state index in [1.54, 1.807) is 17.0 Å². The fourth-order valence-electron chi connectivity index (χ4n) is 1.28. The van der Waals surface area contributed by atoms with Crippen LogP contribution in [0.1, 0.15) is 16.1 Å². The van der Waals surface area contributed by atoms with Gasteiger partial charge in [0.1, 0.15) is 17.7 Å². The Kier molecular flexibility index (Phi) is 3.48. The number of furan rings is 1. The number of nitrogens with zero attached hydrogens (tertiary/aromatic N) is 3. The molecule has 7 heteroatoms. The van der Waals surface area contributed by atoms with Crippen molar-refractivity contribution < 1.29 is 13.9 Å². The van der Waals surface area contributed by atoms with Crippen molar-refractivity contribution in [2.45, 2.75) is 10.9 Å². The van der Waals surface area contributed by atoms with E-state index in [1.165, 1.54) is 25.1 Å². The summed E-state index contributed by atoms with van der Waals surface area (Å²) in [6, 6.07) is 1.60. The molecule has 0 unspecified atom stereocenters. The number of esters is 1. The van der Waals surface area contributed by atoms with Gasteiger partial charge in [-0.2, -0.15) is 0 Å². The molecule has 17 heavy (non-hydrogen) atoms. The molecule has 0 radical (unpaired) electrons. The molecule has 0 aromatic carbocycles. The summed E-state index contributed by atoms with van der Waals surface area (Å²) in [4.78, 5) is 11.4. The molecule has 0 amide bonds. The van der Waals surface area contributed by atoms with E-state index in [2.05, 4.69) is 14.9 Å². The predicted octanol–water partition coefficient (Wildman–Crippen LogP) is 1.49. The van der Waals surface area contributed by atoms with E-state index in [9.17, 15) is 4.79 Å². The van der Waals surface area contributed by atoms with Crippen LogP contribution in [0, 0.1) is 0 Å². The minimum atomic E-state index is -0.396. The maximum atomic E-state index is 11.4. The Labute approximate surface area is 102 Å². The Morgan fingerprint density at radius 3 is 3.12 bits per heavy atom. The van der Waals surface area contributed by atoms with Crippen LogP contribution in [-0.2, 0) is 17.5 Å². The summed E-state index contributed by atoms with van der Waals surface area (Å²) in [5.74, 6) is 0.682. The molecule has 0 spiro atoms. The van der Waals surface area contributed by atoms with Crippen molar-refractivity contribution in [3.8, 4) is 0 Å². The maximum Gasteiger partial charge on any atom is 0.341 e. The number of aromatic nitrogens is 3. The third-order valence-electron chi connectivity index (χ3n) is 2.15. The van der Waals surface area contributed by atoms with E-state index in [0.29, 0.717) is 17.1 Å². The molecule has 90 valence electrons. The van der Waals surface area contributed by atoms with Crippen molar-refractivity contribution in [2.75, 3.05) is 7.11 Å². The van der Waals surface area contributed by atoms with Gasteiger partial charge in [-0.05, 0) is 6.07 Å². The molecule has 2 rings (SSSR count). The largest absolute Gasteiger partial charge is 0.468 e. The average Bonchev–Trinajstić information content (AvgIpc) is 2.94. The highest BCUT2D eigenvalue weighted by molar-refractivity contribution is 7.98. The Hall–Kier alpha value is -1.76. The zero-order valence-electron chi connectivity index (χ0n) is 9.41. The minimum Gasteiger partial charge on any atom is -0.468 e. The lowest BCUT2D eigenvalue weighted by Crippen LogP contribution is -2.02. The number of hydrogen-bond donors (Lipinski definition) is 0. The van der Waals surface area contributed by atoms with Crippen molar-refractivity contribution in [3.63, 3.8) is 0 Å². The molecule has 0 aliphatic heterocycles. The van der Waals surface area contributed by atoms with E-state index < -0.39 is 5.97 Å². The highest BCUT2D eigenvalue weighted by Gasteiger charge is 2.15. The smallest absolute Gasteiger partial charge is 0.341 e. The van der Waals surface area contributed by atoms with Crippen LogP contribution in [0.3, 0.4) is 0 Å². The molecule has 0 saturated carbocycles. The quantitative estimate of drug-likeness (QED) is 0.607. The molecule has 2 aromatic rings. The third-order valence-corrected chi connectivity index (χ3v) is 3.19. The van der Waals surface area contributed by atoms with Crippen LogP contribution in [0.4, 0.5) is 0 Å². The second-order valence-corrected chi connectivity index (χ2v) is 4.20. The summed E-state index contributed by atoms with van der Waals surface area (Å²) in [5, 5.41) is 8.45. The van der Waals surface area contributed by atoms with Gasteiger partial charge in [0.2, 0.25) is 0 Å². The molecule has 0 saturated heterocycles. The molecule has 2 heterocycles. The van der Waals surface area contributed by atoms with Crippen molar-refractivity contribution in [1.82, 2.24) is 14.8 Å². The fraction of sp³-hybridized carbons (Fsp3) is 0.300. The van der Waals surface area contributed by atoms with Gasteiger partial charge >= 0.3 is 5.97 Å². The van der Waals surface area contributed by atoms with Gasteiger partial charge in [0.05, 0.1) is 19.1 Å². The number of carbonyl (C=O) groups is 1. The summed E-state index contributed by atoms with van der Waals surface area (Å²) < 4.78 is 11.7. The third kappa shape index (κ3) is 2.50. The molecular weight excluding hydrogens is 242 g/mol. The standard InChI is InChI=1S/C10H11N3O3S/c1-13-6-11-12-10(13)17-5-8-7(3-4-16-8)9(14)15-2/h3-4,6H,5H2,1-2H3. The normalized spacial score (nSPS) is 10.5. The van der Waals surface area contributed by atoms with Crippen LogP contribution in [0.25, 0.3) is 0 Å². The zero-order chi connectivity index (χ0) is 12.3. The lowest BCUT2D eigenvalue weighted by Gasteiger charge is -2.00. The number of methoxy groups -OCH3 is 1. The first-order valence-corrected chi connectivity index (χ1v) is 5.82. The highest BCUT2D eigenvalue weighted by atomic mass is 32.2. The molecule has 0 atom stereocenters. The Morgan fingerprint density at radius 1 is 1.65 bits per heavy atom. The van der Waals surface area contributed by atoms with Crippen molar-refractivity contribution in [3.05, 3.63) is 30.0 Å².